The molecule has 0 aliphatic rings. The maximum absolute atomic E-state index is 11.2. The second kappa shape index (κ2) is 5.27. The van der Waals surface area contributed by atoms with Crippen molar-refractivity contribution in [1.29, 1.82) is 0 Å². The number of aromatic nitrogens is 1. The molecular weight excluding hydrogens is 262 g/mol. The molecule has 0 aromatic carbocycles. The van der Waals surface area contributed by atoms with Gasteiger partial charge >= 0.3 is 5.97 Å². The SMILES string of the molecule is Cc1ccc(C(C)Nc2cnc(N)cc2C(=O)O)s1. The van der Waals surface area contributed by atoms with Crippen LogP contribution < -0.4 is 11.1 Å². The number of aryl methyl sites for hydroxylation is 1. The zero-order valence-electron chi connectivity index (χ0n) is 10.7. The van der Waals surface area contributed by atoms with Gasteiger partial charge in [0, 0.05) is 9.75 Å². The van der Waals surface area contributed by atoms with Crippen molar-refractivity contribution >= 4 is 28.8 Å². The largest absolute Gasteiger partial charge is 0.478 e. The van der Waals surface area contributed by atoms with Gasteiger partial charge in [-0.2, -0.15) is 0 Å². The summed E-state index contributed by atoms with van der Waals surface area (Å²) in [7, 11) is 0. The minimum Gasteiger partial charge on any atom is -0.478 e. The quantitative estimate of drug-likeness (QED) is 0.799. The summed E-state index contributed by atoms with van der Waals surface area (Å²) < 4.78 is 0. The number of nitrogen functional groups attached to an aromatic ring is 1. The van der Waals surface area contributed by atoms with Gasteiger partial charge in [-0.05, 0) is 32.0 Å². The van der Waals surface area contributed by atoms with Crippen molar-refractivity contribution in [3.63, 3.8) is 0 Å². The number of rotatable bonds is 4. The Morgan fingerprint density at radius 3 is 2.84 bits per heavy atom. The molecule has 5 nitrogen and oxygen atoms in total. The summed E-state index contributed by atoms with van der Waals surface area (Å²) in [6.07, 6.45) is 1.45. The number of pyridine rings is 1. The Morgan fingerprint density at radius 2 is 2.26 bits per heavy atom. The second-order valence-electron chi connectivity index (χ2n) is 4.27. The molecule has 1 atom stereocenters. The lowest BCUT2D eigenvalue weighted by atomic mass is 10.2. The number of hydrogen-bond acceptors (Lipinski definition) is 5. The number of aromatic carboxylic acids is 1. The van der Waals surface area contributed by atoms with E-state index in [9.17, 15) is 4.79 Å². The van der Waals surface area contributed by atoms with E-state index >= 15 is 0 Å². The van der Waals surface area contributed by atoms with Gasteiger partial charge in [-0.25, -0.2) is 9.78 Å². The van der Waals surface area contributed by atoms with Gasteiger partial charge in [0.05, 0.1) is 23.5 Å². The Labute approximate surface area is 115 Å². The lowest BCUT2D eigenvalue weighted by molar-refractivity contribution is 0.0698. The number of carboxylic acid groups (broad SMARTS) is 1. The molecule has 4 N–H and O–H groups in total. The molecule has 100 valence electrons. The van der Waals surface area contributed by atoms with Crippen LogP contribution in [0.1, 0.15) is 33.1 Å². The molecule has 2 aromatic rings. The predicted octanol–water partition coefficient (Wildman–Crippen LogP) is 2.91. The number of carboxylic acids is 1. The fraction of sp³-hybridized carbons (Fsp3) is 0.231. The van der Waals surface area contributed by atoms with Gasteiger partial charge in [-0.15, -0.1) is 11.3 Å². The predicted molar refractivity (Wildman–Crippen MR) is 76.7 cm³/mol. The number of nitrogens with zero attached hydrogens (tertiary/aromatic N) is 1. The number of nitrogens with two attached hydrogens (primary N) is 1. The topological polar surface area (TPSA) is 88.2 Å². The van der Waals surface area contributed by atoms with Crippen LogP contribution in [0, 0.1) is 6.92 Å². The molecule has 6 heteroatoms. The average Bonchev–Trinajstić information content (AvgIpc) is 2.78. The molecule has 0 aliphatic heterocycles. The molecule has 1 unspecified atom stereocenters. The first-order valence-corrected chi connectivity index (χ1v) is 6.60. The molecule has 0 amide bonds. The maximum atomic E-state index is 11.2. The zero-order chi connectivity index (χ0) is 14.0. The Hall–Kier alpha value is -2.08. The van der Waals surface area contributed by atoms with Gasteiger partial charge in [0.15, 0.2) is 0 Å². The van der Waals surface area contributed by atoms with E-state index in [1.165, 1.54) is 17.1 Å². The molecule has 0 aliphatic carbocycles. The number of hydrogen-bond donors (Lipinski definition) is 3. The molecule has 0 spiro atoms. The molecule has 0 saturated carbocycles. The van der Waals surface area contributed by atoms with Crippen molar-refractivity contribution in [2.45, 2.75) is 19.9 Å². The molecule has 0 fully saturated rings. The second-order valence-corrected chi connectivity index (χ2v) is 5.59. The monoisotopic (exact) mass is 277 g/mol. The first-order valence-electron chi connectivity index (χ1n) is 5.79. The lowest BCUT2D eigenvalue weighted by Crippen LogP contribution is -2.11. The summed E-state index contributed by atoms with van der Waals surface area (Å²) in [4.78, 5) is 17.5. The van der Waals surface area contributed by atoms with E-state index in [1.54, 1.807) is 11.3 Å². The van der Waals surface area contributed by atoms with E-state index in [4.69, 9.17) is 10.8 Å². The van der Waals surface area contributed by atoms with Crippen molar-refractivity contribution in [1.82, 2.24) is 4.98 Å². The summed E-state index contributed by atoms with van der Waals surface area (Å²) >= 11 is 1.68. The first kappa shape index (κ1) is 13.4. The summed E-state index contributed by atoms with van der Waals surface area (Å²) in [6.45, 7) is 4.02. The molecule has 19 heavy (non-hydrogen) atoms. The highest BCUT2D eigenvalue weighted by Gasteiger charge is 2.15. The Kier molecular flexibility index (Phi) is 3.71. The van der Waals surface area contributed by atoms with E-state index in [2.05, 4.69) is 10.3 Å². The highest BCUT2D eigenvalue weighted by atomic mass is 32.1. The van der Waals surface area contributed by atoms with Gasteiger partial charge in [0.1, 0.15) is 5.82 Å². The van der Waals surface area contributed by atoms with Crippen molar-refractivity contribution in [3.05, 3.63) is 39.7 Å². The minimum absolute atomic E-state index is 0.0159. The highest BCUT2D eigenvalue weighted by molar-refractivity contribution is 7.12. The van der Waals surface area contributed by atoms with Crippen molar-refractivity contribution in [2.75, 3.05) is 11.1 Å². The molecule has 0 saturated heterocycles. The minimum atomic E-state index is -1.02. The van der Waals surface area contributed by atoms with Crippen LogP contribution in [0.15, 0.2) is 24.4 Å². The van der Waals surface area contributed by atoms with Crippen LogP contribution in [0.4, 0.5) is 11.5 Å². The van der Waals surface area contributed by atoms with Gasteiger partial charge in [-0.1, -0.05) is 0 Å². The normalized spacial score (nSPS) is 12.1. The number of carbonyl (C=O) groups is 1. The van der Waals surface area contributed by atoms with Crippen LogP contribution in [0.3, 0.4) is 0 Å². The third-order valence-corrected chi connectivity index (χ3v) is 3.90. The number of anilines is 2. The van der Waals surface area contributed by atoms with Gasteiger partial charge < -0.3 is 16.2 Å². The Balaban J connectivity index is 2.26. The third kappa shape index (κ3) is 3.03. The van der Waals surface area contributed by atoms with Crippen LogP contribution in [0.2, 0.25) is 0 Å². The van der Waals surface area contributed by atoms with Crippen LogP contribution in [-0.4, -0.2) is 16.1 Å². The average molecular weight is 277 g/mol. The number of thiophene rings is 1. The van der Waals surface area contributed by atoms with Crippen molar-refractivity contribution in [3.8, 4) is 0 Å². The summed E-state index contributed by atoms with van der Waals surface area (Å²) in [5, 5.41) is 12.3. The summed E-state index contributed by atoms with van der Waals surface area (Å²) in [5.41, 5.74) is 6.11. The fourth-order valence-electron chi connectivity index (χ4n) is 1.75. The van der Waals surface area contributed by atoms with Gasteiger partial charge in [-0.3, -0.25) is 0 Å². The fourth-order valence-corrected chi connectivity index (χ4v) is 2.63. The molecule has 2 rings (SSSR count). The highest BCUT2D eigenvalue weighted by Crippen LogP contribution is 2.27. The van der Waals surface area contributed by atoms with Crippen LogP contribution >= 0.6 is 11.3 Å². The smallest absolute Gasteiger partial charge is 0.337 e. The molecule has 2 aromatic heterocycles. The van der Waals surface area contributed by atoms with Crippen molar-refractivity contribution in [2.24, 2.45) is 0 Å². The Morgan fingerprint density at radius 1 is 1.53 bits per heavy atom. The molecule has 0 bridgehead atoms. The summed E-state index contributed by atoms with van der Waals surface area (Å²) in [5.74, 6) is -0.825. The van der Waals surface area contributed by atoms with Gasteiger partial charge in [0.2, 0.25) is 0 Å². The first-order chi connectivity index (χ1) is 8.97. The van der Waals surface area contributed by atoms with Crippen LogP contribution in [0.5, 0.6) is 0 Å². The van der Waals surface area contributed by atoms with E-state index in [0.717, 1.165) is 4.88 Å². The van der Waals surface area contributed by atoms with Crippen LogP contribution in [-0.2, 0) is 0 Å². The Bertz CT molecular complexity index is 610. The standard InChI is InChI=1S/C13H15N3O2S/c1-7-3-4-11(19-7)8(2)16-10-6-15-12(14)5-9(10)13(17)18/h3-6,8,16H,1-2H3,(H2,14,15)(H,17,18). The van der Waals surface area contributed by atoms with Crippen LogP contribution in [0.25, 0.3) is 0 Å². The van der Waals surface area contributed by atoms with E-state index in [0.29, 0.717) is 5.69 Å². The third-order valence-electron chi connectivity index (χ3n) is 2.72. The zero-order valence-corrected chi connectivity index (χ0v) is 11.5. The lowest BCUT2D eigenvalue weighted by Gasteiger charge is -2.15. The van der Waals surface area contributed by atoms with E-state index < -0.39 is 5.97 Å². The van der Waals surface area contributed by atoms with E-state index in [-0.39, 0.29) is 17.4 Å². The van der Waals surface area contributed by atoms with E-state index in [1.807, 2.05) is 26.0 Å². The maximum Gasteiger partial charge on any atom is 0.337 e. The molecular formula is C13H15N3O2S. The molecule has 2 heterocycles. The number of nitrogens with one attached hydrogen (secondary N) is 1. The molecule has 0 radical (unpaired) electrons. The summed E-state index contributed by atoms with van der Waals surface area (Å²) in [6, 6.07) is 5.44. The van der Waals surface area contributed by atoms with Crippen molar-refractivity contribution < 1.29 is 9.90 Å². The van der Waals surface area contributed by atoms with Gasteiger partial charge in [0.25, 0.3) is 0 Å².